The lowest BCUT2D eigenvalue weighted by Crippen LogP contribution is -2.51. The summed E-state index contributed by atoms with van der Waals surface area (Å²) in [6.07, 6.45) is 0. The van der Waals surface area contributed by atoms with Crippen LogP contribution in [0.3, 0.4) is 0 Å². The van der Waals surface area contributed by atoms with Crippen LogP contribution < -0.4 is 5.32 Å². The van der Waals surface area contributed by atoms with E-state index in [1.54, 1.807) is 21.9 Å². The van der Waals surface area contributed by atoms with Crippen LogP contribution in [0.25, 0.3) is 0 Å². The Bertz CT molecular complexity index is 1000. The first kappa shape index (κ1) is 24.7. The van der Waals surface area contributed by atoms with Crippen molar-refractivity contribution in [3.8, 4) is 0 Å². The van der Waals surface area contributed by atoms with Crippen molar-refractivity contribution in [1.29, 1.82) is 0 Å². The Hall–Kier alpha value is -2.97. The van der Waals surface area contributed by atoms with E-state index in [1.165, 1.54) is 30.3 Å². The molecule has 1 N–H and O–H groups in total. The van der Waals surface area contributed by atoms with Crippen LogP contribution in [0.5, 0.6) is 0 Å². The van der Waals surface area contributed by atoms with E-state index in [-0.39, 0.29) is 17.4 Å². The number of piperazine rings is 1. The normalized spacial score (nSPS) is 14.1. The number of rotatable bonds is 7. The van der Waals surface area contributed by atoms with E-state index >= 15 is 0 Å². The molecule has 1 aliphatic rings. The molecule has 1 fully saturated rings. The third-order valence-electron chi connectivity index (χ3n) is 5.70. The molecule has 176 valence electrons. The van der Waals surface area contributed by atoms with Crippen LogP contribution >= 0.6 is 11.6 Å². The van der Waals surface area contributed by atoms with Crippen LogP contribution in [-0.4, -0.2) is 78.2 Å². The number of nitrogens with zero attached hydrogens (tertiary/aromatic N) is 3. The van der Waals surface area contributed by atoms with Crippen LogP contribution in [0.4, 0.5) is 10.1 Å². The summed E-state index contributed by atoms with van der Waals surface area (Å²) in [5, 5.41) is 3.09. The number of nitrogens with one attached hydrogen (secondary N) is 1. The summed E-state index contributed by atoms with van der Waals surface area (Å²) in [6.45, 7) is 7.72. The Labute approximate surface area is 198 Å². The second-order valence-electron chi connectivity index (χ2n) is 7.79. The van der Waals surface area contributed by atoms with Gasteiger partial charge in [0.25, 0.3) is 11.8 Å². The summed E-state index contributed by atoms with van der Waals surface area (Å²) in [6, 6.07) is 9.84. The van der Waals surface area contributed by atoms with Gasteiger partial charge in [0, 0.05) is 49.9 Å². The van der Waals surface area contributed by atoms with Gasteiger partial charge in [-0.15, -0.1) is 0 Å². The molecule has 9 heteroatoms. The van der Waals surface area contributed by atoms with Crippen molar-refractivity contribution < 1.29 is 18.8 Å². The maximum Gasteiger partial charge on any atom is 0.256 e. The molecule has 2 aromatic carbocycles. The average molecular weight is 475 g/mol. The fourth-order valence-electron chi connectivity index (χ4n) is 3.75. The monoisotopic (exact) mass is 474 g/mol. The number of hydrogen-bond acceptors (Lipinski definition) is 4. The first-order valence-electron chi connectivity index (χ1n) is 11.0. The number of anilines is 1. The van der Waals surface area contributed by atoms with Gasteiger partial charge in [0.1, 0.15) is 5.82 Å². The maximum atomic E-state index is 13.2. The van der Waals surface area contributed by atoms with Gasteiger partial charge in [0.15, 0.2) is 0 Å². The van der Waals surface area contributed by atoms with Gasteiger partial charge in [0.2, 0.25) is 5.91 Å². The Morgan fingerprint density at radius 2 is 1.64 bits per heavy atom. The molecule has 0 saturated carbocycles. The molecule has 1 heterocycles. The molecule has 1 saturated heterocycles. The molecular weight excluding hydrogens is 447 g/mol. The van der Waals surface area contributed by atoms with Gasteiger partial charge in [0.05, 0.1) is 17.8 Å². The highest BCUT2D eigenvalue weighted by atomic mass is 35.5. The summed E-state index contributed by atoms with van der Waals surface area (Å²) in [5.41, 5.74) is 0.879. The van der Waals surface area contributed by atoms with Gasteiger partial charge in [-0.2, -0.15) is 0 Å². The van der Waals surface area contributed by atoms with Gasteiger partial charge in [-0.3, -0.25) is 19.3 Å². The molecule has 1 aliphatic heterocycles. The molecule has 2 aromatic rings. The summed E-state index contributed by atoms with van der Waals surface area (Å²) in [5.74, 6) is -1.05. The lowest BCUT2D eigenvalue weighted by atomic mass is 10.1. The number of amides is 3. The van der Waals surface area contributed by atoms with Crippen molar-refractivity contribution in [2.24, 2.45) is 0 Å². The summed E-state index contributed by atoms with van der Waals surface area (Å²) < 4.78 is 13.2. The fourth-order valence-corrected chi connectivity index (χ4v) is 3.92. The van der Waals surface area contributed by atoms with E-state index in [9.17, 15) is 18.8 Å². The Morgan fingerprint density at radius 1 is 1.00 bits per heavy atom. The summed E-state index contributed by atoms with van der Waals surface area (Å²) in [7, 11) is 0. The smallest absolute Gasteiger partial charge is 0.256 e. The van der Waals surface area contributed by atoms with Crippen molar-refractivity contribution in [2.45, 2.75) is 13.8 Å². The number of carbonyl (C=O) groups is 3. The van der Waals surface area contributed by atoms with E-state index in [0.717, 1.165) is 0 Å². The van der Waals surface area contributed by atoms with Gasteiger partial charge in [-0.1, -0.05) is 11.6 Å². The highest BCUT2D eigenvalue weighted by molar-refractivity contribution is 6.31. The predicted molar refractivity (Wildman–Crippen MR) is 126 cm³/mol. The van der Waals surface area contributed by atoms with Crippen LogP contribution in [0.1, 0.15) is 34.6 Å². The minimum absolute atomic E-state index is 0.0864. The quantitative estimate of drug-likeness (QED) is 0.668. The Kier molecular flexibility index (Phi) is 8.41. The minimum atomic E-state index is -0.467. The van der Waals surface area contributed by atoms with E-state index in [2.05, 4.69) is 5.32 Å². The molecule has 0 radical (unpaired) electrons. The standard InChI is InChI=1S/C24H28ClFN4O3/c1-3-29(4-2)22(31)16-28-11-13-30(14-12-28)24(33)20-10-7-18(25)15-21(20)27-23(32)17-5-8-19(26)9-6-17/h5-10,15H,3-4,11-14,16H2,1-2H3,(H,27,32). The van der Waals surface area contributed by atoms with E-state index in [1.807, 2.05) is 18.7 Å². The lowest BCUT2D eigenvalue weighted by Gasteiger charge is -2.35. The molecule has 3 amide bonds. The van der Waals surface area contributed by atoms with Gasteiger partial charge in [-0.05, 0) is 56.3 Å². The topological polar surface area (TPSA) is 73.0 Å². The van der Waals surface area contributed by atoms with Crippen molar-refractivity contribution in [3.63, 3.8) is 0 Å². The molecule has 0 spiro atoms. The molecule has 0 unspecified atom stereocenters. The molecule has 7 nitrogen and oxygen atoms in total. The number of likely N-dealkylation sites (N-methyl/N-ethyl adjacent to an activating group) is 1. The number of halogens is 2. The lowest BCUT2D eigenvalue weighted by molar-refractivity contribution is -0.132. The molecule has 0 aliphatic carbocycles. The Morgan fingerprint density at radius 3 is 2.24 bits per heavy atom. The first-order valence-corrected chi connectivity index (χ1v) is 11.4. The highest BCUT2D eigenvalue weighted by Gasteiger charge is 2.26. The first-order chi connectivity index (χ1) is 15.8. The molecule has 0 aromatic heterocycles. The third kappa shape index (κ3) is 6.30. The van der Waals surface area contributed by atoms with Crippen molar-refractivity contribution in [3.05, 3.63) is 64.4 Å². The van der Waals surface area contributed by atoms with Crippen LogP contribution in [0, 0.1) is 5.82 Å². The Balaban J connectivity index is 1.66. The van der Waals surface area contributed by atoms with Gasteiger partial charge < -0.3 is 15.1 Å². The maximum absolute atomic E-state index is 13.2. The largest absolute Gasteiger partial charge is 0.342 e. The zero-order valence-electron chi connectivity index (χ0n) is 18.8. The number of carbonyl (C=O) groups excluding carboxylic acids is 3. The average Bonchev–Trinajstić information content (AvgIpc) is 2.80. The van der Waals surface area contributed by atoms with Crippen LogP contribution in [0.15, 0.2) is 42.5 Å². The van der Waals surface area contributed by atoms with Crippen molar-refractivity contribution in [2.75, 3.05) is 51.1 Å². The third-order valence-corrected chi connectivity index (χ3v) is 5.94. The number of hydrogen-bond donors (Lipinski definition) is 1. The molecular formula is C24H28ClFN4O3. The van der Waals surface area contributed by atoms with Crippen molar-refractivity contribution in [1.82, 2.24) is 14.7 Å². The summed E-state index contributed by atoms with van der Waals surface area (Å²) >= 11 is 6.11. The predicted octanol–water partition coefficient (Wildman–Crippen LogP) is 3.36. The molecule has 3 rings (SSSR count). The zero-order chi connectivity index (χ0) is 24.0. The second kappa shape index (κ2) is 11.2. The SMILES string of the molecule is CCN(CC)C(=O)CN1CCN(C(=O)c2ccc(Cl)cc2NC(=O)c2ccc(F)cc2)CC1. The second-order valence-corrected chi connectivity index (χ2v) is 8.22. The zero-order valence-corrected chi connectivity index (χ0v) is 19.6. The van der Waals surface area contributed by atoms with E-state index in [0.29, 0.717) is 62.1 Å². The molecule has 33 heavy (non-hydrogen) atoms. The van der Waals surface area contributed by atoms with Gasteiger partial charge >= 0.3 is 0 Å². The minimum Gasteiger partial charge on any atom is -0.342 e. The number of benzene rings is 2. The van der Waals surface area contributed by atoms with Gasteiger partial charge in [-0.25, -0.2) is 4.39 Å². The molecule has 0 bridgehead atoms. The van der Waals surface area contributed by atoms with Crippen LogP contribution in [0.2, 0.25) is 5.02 Å². The van der Waals surface area contributed by atoms with Crippen molar-refractivity contribution >= 4 is 35.0 Å². The summed E-state index contributed by atoms with van der Waals surface area (Å²) in [4.78, 5) is 43.7. The fraction of sp³-hybridized carbons (Fsp3) is 0.375. The van der Waals surface area contributed by atoms with E-state index in [4.69, 9.17) is 11.6 Å². The highest BCUT2D eigenvalue weighted by Crippen LogP contribution is 2.24. The van der Waals surface area contributed by atoms with E-state index < -0.39 is 11.7 Å². The molecule has 0 atom stereocenters. The van der Waals surface area contributed by atoms with Crippen LogP contribution in [-0.2, 0) is 4.79 Å².